The molecule has 108 valence electrons. The maximum atomic E-state index is 9.38. The average Bonchev–Trinajstić information content (AvgIpc) is 3.21. The lowest BCUT2D eigenvalue weighted by Crippen LogP contribution is -2.48. The van der Waals surface area contributed by atoms with E-state index >= 15 is 0 Å². The lowest BCUT2D eigenvalue weighted by molar-refractivity contribution is -0.00636. The minimum absolute atomic E-state index is 0.346. The van der Waals surface area contributed by atoms with Crippen LogP contribution in [0.25, 0.3) is 0 Å². The monoisotopic (exact) mass is 265 g/mol. The van der Waals surface area contributed by atoms with E-state index in [-0.39, 0.29) is 5.54 Å². The molecular formula is C15H27N3O. The molecule has 1 heterocycles. The van der Waals surface area contributed by atoms with E-state index < -0.39 is 0 Å². The van der Waals surface area contributed by atoms with Crippen molar-refractivity contribution in [3.8, 4) is 6.07 Å². The van der Waals surface area contributed by atoms with Gasteiger partial charge in [-0.25, -0.2) is 0 Å². The third kappa shape index (κ3) is 4.17. The Kier molecular flexibility index (Phi) is 4.83. The zero-order valence-corrected chi connectivity index (χ0v) is 12.5. The summed E-state index contributed by atoms with van der Waals surface area (Å²) in [4.78, 5) is 2.44. The molecule has 4 heteroatoms. The summed E-state index contributed by atoms with van der Waals surface area (Å²) in [5.74, 6) is 0.646. The number of nitrogens with one attached hydrogen (secondary N) is 1. The number of nitriles is 1. The molecule has 1 aliphatic heterocycles. The Morgan fingerprint density at radius 3 is 2.74 bits per heavy atom. The van der Waals surface area contributed by atoms with Gasteiger partial charge in [0.2, 0.25) is 0 Å². The van der Waals surface area contributed by atoms with E-state index in [0.29, 0.717) is 18.1 Å². The van der Waals surface area contributed by atoms with Crippen LogP contribution in [0.2, 0.25) is 0 Å². The zero-order valence-electron chi connectivity index (χ0n) is 12.5. The fourth-order valence-corrected chi connectivity index (χ4v) is 2.83. The van der Waals surface area contributed by atoms with Crippen LogP contribution >= 0.6 is 0 Å². The van der Waals surface area contributed by atoms with Crippen LogP contribution in [0.1, 0.15) is 39.5 Å². The van der Waals surface area contributed by atoms with Gasteiger partial charge in [0.15, 0.2) is 0 Å². The molecule has 2 rings (SSSR count). The first kappa shape index (κ1) is 14.8. The molecule has 1 saturated heterocycles. The molecule has 0 radical (unpaired) electrons. The second kappa shape index (κ2) is 6.21. The summed E-state index contributed by atoms with van der Waals surface area (Å²) >= 11 is 0. The van der Waals surface area contributed by atoms with Crippen LogP contribution in [0, 0.1) is 17.2 Å². The minimum atomic E-state index is -0.368. The van der Waals surface area contributed by atoms with Gasteiger partial charge >= 0.3 is 0 Å². The number of nitrogens with zero attached hydrogens (tertiary/aromatic N) is 2. The van der Waals surface area contributed by atoms with E-state index in [1.807, 2.05) is 6.92 Å². The fourth-order valence-electron chi connectivity index (χ4n) is 2.83. The second-order valence-corrected chi connectivity index (χ2v) is 6.45. The molecule has 1 N–H and O–H groups in total. The number of piperidine rings is 1. The van der Waals surface area contributed by atoms with Crippen LogP contribution in [0.3, 0.4) is 0 Å². The molecule has 0 aromatic rings. The maximum absolute atomic E-state index is 9.38. The van der Waals surface area contributed by atoms with E-state index in [4.69, 9.17) is 4.74 Å². The Morgan fingerprint density at radius 2 is 2.16 bits per heavy atom. The van der Waals surface area contributed by atoms with Crippen molar-refractivity contribution in [1.82, 2.24) is 10.2 Å². The molecule has 3 unspecified atom stereocenters. The molecular weight excluding hydrogens is 238 g/mol. The van der Waals surface area contributed by atoms with Gasteiger partial charge in [0, 0.05) is 26.2 Å². The molecule has 0 amide bonds. The van der Waals surface area contributed by atoms with E-state index in [0.717, 1.165) is 26.1 Å². The predicted molar refractivity (Wildman–Crippen MR) is 75.8 cm³/mol. The molecule has 2 aliphatic rings. The normalized spacial score (nSPS) is 31.7. The maximum Gasteiger partial charge on any atom is 0.105 e. The van der Waals surface area contributed by atoms with Gasteiger partial charge < -0.3 is 9.64 Å². The Balaban J connectivity index is 1.79. The van der Waals surface area contributed by atoms with Crippen molar-refractivity contribution in [2.75, 3.05) is 26.7 Å². The number of hydrogen-bond acceptors (Lipinski definition) is 4. The topological polar surface area (TPSA) is 48.3 Å². The highest BCUT2D eigenvalue weighted by atomic mass is 16.5. The third-order valence-corrected chi connectivity index (χ3v) is 4.55. The average molecular weight is 265 g/mol. The first-order chi connectivity index (χ1) is 9.06. The van der Waals surface area contributed by atoms with E-state index in [1.54, 1.807) is 7.11 Å². The Morgan fingerprint density at radius 1 is 1.42 bits per heavy atom. The van der Waals surface area contributed by atoms with Gasteiger partial charge in [-0.05, 0) is 45.1 Å². The quantitative estimate of drug-likeness (QED) is 0.795. The van der Waals surface area contributed by atoms with E-state index in [1.165, 1.54) is 19.3 Å². The molecule has 1 aliphatic carbocycles. The first-order valence-electron chi connectivity index (χ1n) is 7.50. The number of methoxy groups -OCH3 is 1. The van der Waals surface area contributed by atoms with Gasteiger partial charge in [0.1, 0.15) is 5.54 Å². The highest BCUT2D eigenvalue weighted by Crippen LogP contribution is 2.25. The highest BCUT2D eigenvalue weighted by molar-refractivity contribution is 5.07. The van der Waals surface area contributed by atoms with Crippen molar-refractivity contribution in [3.05, 3.63) is 0 Å². The van der Waals surface area contributed by atoms with Crippen LogP contribution in [0.4, 0.5) is 0 Å². The molecule has 4 nitrogen and oxygen atoms in total. The molecule has 0 aromatic carbocycles. The van der Waals surface area contributed by atoms with E-state index in [9.17, 15) is 5.26 Å². The van der Waals surface area contributed by atoms with Crippen molar-refractivity contribution in [1.29, 1.82) is 5.26 Å². The van der Waals surface area contributed by atoms with E-state index in [2.05, 4.69) is 23.2 Å². The van der Waals surface area contributed by atoms with Crippen LogP contribution in [-0.4, -0.2) is 49.3 Å². The van der Waals surface area contributed by atoms with Gasteiger partial charge in [-0.15, -0.1) is 0 Å². The van der Waals surface area contributed by atoms with Gasteiger partial charge in [0.05, 0.1) is 12.2 Å². The summed E-state index contributed by atoms with van der Waals surface area (Å²) in [6.45, 7) is 7.41. The highest BCUT2D eigenvalue weighted by Gasteiger charge is 2.33. The van der Waals surface area contributed by atoms with Crippen LogP contribution < -0.4 is 5.32 Å². The Bertz CT molecular complexity index is 337. The molecule has 2 fully saturated rings. The van der Waals surface area contributed by atoms with Gasteiger partial charge in [-0.2, -0.15) is 5.26 Å². The van der Waals surface area contributed by atoms with Crippen LogP contribution in [0.5, 0.6) is 0 Å². The summed E-state index contributed by atoms with van der Waals surface area (Å²) in [6.07, 6.45) is 4.88. The number of likely N-dealkylation sites (tertiary alicyclic amines) is 1. The summed E-state index contributed by atoms with van der Waals surface area (Å²) in [7, 11) is 1.80. The molecule has 0 aromatic heterocycles. The lowest BCUT2D eigenvalue weighted by Gasteiger charge is -2.37. The van der Waals surface area contributed by atoms with Crippen molar-refractivity contribution < 1.29 is 4.74 Å². The summed E-state index contributed by atoms with van der Waals surface area (Å²) in [6, 6.07) is 3.04. The van der Waals surface area contributed by atoms with Crippen molar-refractivity contribution >= 4 is 0 Å². The summed E-state index contributed by atoms with van der Waals surface area (Å²) < 4.78 is 5.54. The molecule has 3 atom stereocenters. The van der Waals surface area contributed by atoms with Gasteiger partial charge in [-0.3, -0.25) is 5.32 Å². The zero-order chi connectivity index (χ0) is 13.9. The Hall–Kier alpha value is -0.630. The fraction of sp³-hybridized carbons (Fsp3) is 0.933. The third-order valence-electron chi connectivity index (χ3n) is 4.55. The first-order valence-corrected chi connectivity index (χ1v) is 7.50. The van der Waals surface area contributed by atoms with Crippen LogP contribution in [0.15, 0.2) is 0 Å². The van der Waals surface area contributed by atoms with Crippen molar-refractivity contribution in [2.24, 2.45) is 5.92 Å². The minimum Gasteiger partial charge on any atom is -0.380 e. The molecule has 0 bridgehead atoms. The SMILES string of the molecule is COC1CN(CCC(C)(C#N)NC2CC2)CCC1C. The number of rotatable bonds is 6. The lowest BCUT2D eigenvalue weighted by atomic mass is 9.94. The number of hydrogen-bond donors (Lipinski definition) is 1. The molecule has 1 saturated carbocycles. The molecule has 0 spiro atoms. The predicted octanol–water partition coefficient (Wildman–Crippen LogP) is 1.77. The smallest absolute Gasteiger partial charge is 0.105 e. The van der Waals surface area contributed by atoms with Crippen LogP contribution in [-0.2, 0) is 4.74 Å². The Labute approximate surface area is 117 Å². The largest absolute Gasteiger partial charge is 0.380 e. The van der Waals surface area contributed by atoms with Gasteiger partial charge in [0.25, 0.3) is 0 Å². The number of ether oxygens (including phenoxy) is 1. The van der Waals surface area contributed by atoms with Crippen molar-refractivity contribution in [3.63, 3.8) is 0 Å². The van der Waals surface area contributed by atoms with Crippen molar-refractivity contribution in [2.45, 2.75) is 57.2 Å². The summed E-state index contributed by atoms with van der Waals surface area (Å²) in [5.41, 5.74) is -0.368. The molecule has 19 heavy (non-hydrogen) atoms. The second-order valence-electron chi connectivity index (χ2n) is 6.45. The standard InChI is InChI=1S/C15H27N3O/c1-12-6-8-18(10-14(12)19-3)9-7-15(2,11-16)17-13-4-5-13/h12-14,17H,4-10H2,1-3H3. The summed E-state index contributed by atoms with van der Waals surface area (Å²) in [5, 5.41) is 12.8. The van der Waals surface area contributed by atoms with Gasteiger partial charge in [-0.1, -0.05) is 6.92 Å².